The van der Waals surface area contributed by atoms with Gasteiger partial charge in [-0.05, 0) is 28.8 Å². The van der Waals surface area contributed by atoms with Crippen LogP contribution in [-0.2, 0) is 24.3 Å². The summed E-state index contributed by atoms with van der Waals surface area (Å²) in [6.07, 6.45) is 0.0864. The third-order valence-corrected chi connectivity index (χ3v) is 4.49. The zero-order chi connectivity index (χ0) is 18.3. The van der Waals surface area contributed by atoms with Gasteiger partial charge in [0.2, 0.25) is 11.9 Å². The van der Waals surface area contributed by atoms with Crippen LogP contribution in [0.5, 0.6) is 0 Å². The largest absolute Gasteiger partial charge is 0.369 e. The first-order chi connectivity index (χ1) is 12.5. The summed E-state index contributed by atoms with van der Waals surface area (Å²) >= 11 is 0. The number of nitrogen functional groups attached to an aromatic ring is 1. The van der Waals surface area contributed by atoms with E-state index >= 15 is 0 Å². The monoisotopic (exact) mass is 347 g/mol. The Morgan fingerprint density at radius 1 is 1.04 bits per heavy atom. The van der Waals surface area contributed by atoms with Gasteiger partial charge in [0.25, 0.3) is 5.91 Å². The van der Waals surface area contributed by atoms with Gasteiger partial charge in [-0.1, -0.05) is 30.3 Å². The summed E-state index contributed by atoms with van der Waals surface area (Å²) in [7, 11) is 0. The quantitative estimate of drug-likeness (QED) is 0.743. The average molecular weight is 347 g/mol. The Labute approximate surface area is 149 Å². The van der Waals surface area contributed by atoms with Crippen LogP contribution in [0.15, 0.2) is 42.5 Å². The van der Waals surface area contributed by atoms with Crippen LogP contribution >= 0.6 is 0 Å². The third-order valence-electron chi connectivity index (χ3n) is 4.49. The van der Waals surface area contributed by atoms with Crippen LogP contribution in [0, 0.1) is 0 Å². The molecule has 26 heavy (non-hydrogen) atoms. The third kappa shape index (κ3) is 2.83. The minimum atomic E-state index is -0.441. The number of anilines is 1. The smallest absolute Gasteiger partial charge is 0.273 e. The molecule has 4 N–H and O–H groups in total. The number of hydrogen-bond donors (Lipinski definition) is 2. The maximum Gasteiger partial charge on any atom is 0.273 e. The van der Waals surface area contributed by atoms with E-state index in [2.05, 4.69) is 9.97 Å². The second-order valence-electron chi connectivity index (χ2n) is 6.35. The maximum absolute atomic E-state index is 13.1. The number of amides is 2. The molecule has 0 aliphatic carbocycles. The van der Waals surface area contributed by atoms with Crippen LogP contribution < -0.4 is 11.5 Å². The molecule has 7 heteroatoms. The molecule has 7 nitrogen and oxygen atoms in total. The average Bonchev–Trinajstić information content (AvgIpc) is 3.04. The lowest BCUT2D eigenvalue weighted by Gasteiger charge is -2.16. The van der Waals surface area contributed by atoms with Gasteiger partial charge in [0, 0.05) is 18.5 Å². The number of aromatic nitrogens is 2. The first kappa shape index (κ1) is 16.0. The molecule has 0 bridgehead atoms. The molecule has 4 rings (SSSR count). The van der Waals surface area contributed by atoms with E-state index in [9.17, 15) is 9.59 Å². The van der Waals surface area contributed by atoms with Crippen molar-refractivity contribution in [1.82, 2.24) is 14.9 Å². The van der Waals surface area contributed by atoms with Gasteiger partial charge in [-0.2, -0.15) is 0 Å². The van der Waals surface area contributed by atoms with E-state index in [-0.39, 0.29) is 24.0 Å². The van der Waals surface area contributed by atoms with Crippen molar-refractivity contribution in [3.05, 3.63) is 64.8 Å². The summed E-state index contributed by atoms with van der Waals surface area (Å²) < 4.78 is 0. The summed E-state index contributed by atoms with van der Waals surface area (Å²) in [5.74, 6) is -0.611. The summed E-state index contributed by atoms with van der Waals surface area (Å²) in [5, 5.41) is 0.568. The molecule has 0 saturated carbocycles. The fourth-order valence-electron chi connectivity index (χ4n) is 3.29. The standard InChI is InChI=1S/C19H17N5O2/c20-16(25)8-11-5-6-15-14(7-11)17(23-19(21)22-15)18(26)24-9-12-3-1-2-4-13(12)10-24/h1-7H,8-10H2,(H2,20,25)(H2,21,22,23). The maximum atomic E-state index is 13.1. The van der Waals surface area contributed by atoms with Gasteiger partial charge in [0.15, 0.2) is 0 Å². The van der Waals surface area contributed by atoms with E-state index in [1.54, 1.807) is 23.1 Å². The first-order valence-electron chi connectivity index (χ1n) is 8.22. The first-order valence-corrected chi connectivity index (χ1v) is 8.22. The summed E-state index contributed by atoms with van der Waals surface area (Å²) in [4.78, 5) is 34.4. The van der Waals surface area contributed by atoms with Gasteiger partial charge >= 0.3 is 0 Å². The SMILES string of the molecule is NC(=O)Cc1ccc2nc(N)nc(C(=O)N3Cc4ccccc4C3)c2c1. The van der Waals surface area contributed by atoms with Gasteiger partial charge in [-0.15, -0.1) is 0 Å². The van der Waals surface area contributed by atoms with Crippen LogP contribution in [0.25, 0.3) is 10.9 Å². The van der Waals surface area contributed by atoms with E-state index in [0.29, 0.717) is 29.6 Å². The minimum Gasteiger partial charge on any atom is -0.369 e. The predicted molar refractivity (Wildman–Crippen MR) is 96.9 cm³/mol. The number of nitrogens with zero attached hydrogens (tertiary/aromatic N) is 3. The molecule has 0 unspecified atom stereocenters. The Kier molecular flexibility index (Phi) is 3.76. The van der Waals surface area contributed by atoms with Crippen LogP contribution in [0.2, 0.25) is 0 Å². The number of nitrogens with two attached hydrogens (primary N) is 2. The molecular formula is C19H17N5O2. The van der Waals surface area contributed by atoms with Crippen molar-refractivity contribution < 1.29 is 9.59 Å². The number of fused-ring (bicyclic) bond motifs is 2. The van der Waals surface area contributed by atoms with Crippen LogP contribution in [0.3, 0.4) is 0 Å². The Morgan fingerprint density at radius 2 is 1.73 bits per heavy atom. The lowest BCUT2D eigenvalue weighted by Crippen LogP contribution is -2.27. The number of primary amides is 1. The Balaban J connectivity index is 1.75. The second kappa shape index (κ2) is 6.11. The lowest BCUT2D eigenvalue weighted by molar-refractivity contribution is -0.117. The van der Waals surface area contributed by atoms with Gasteiger partial charge in [0.1, 0.15) is 5.69 Å². The Hall–Kier alpha value is -3.48. The van der Waals surface area contributed by atoms with Crippen molar-refractivity contribution in [1.29, 1.82) is 0 Å². The van der Waals surface area contributed by atoms with E-state index in [0.717, 1.165) is 11.1 Å². The number of rotatable bonds is 3. The topological polar surface area (TPSA) is 115 Å². The number of benzene rings is 2. The minimum absolute atomic E-state index is 0.0419. The zero-order valence-electron chi connectivity index (χ0n) is 14.0. The highest BCUT2D eigenvalue weighted by molar-refractivity contribution is 6.05. The van der Waals surface area contributed by atoms with Gasteiger partial charge in [-0.3, -0.25) is 9.59 Å². The molecule has 2 aromatic carbocycles. The Bertz CT molecular complexity index is 1020. The highest BCUT2D eigenvalue weighted by Gasteiger charge is 2.26. The molecule has 0 saturated heterocycles. The number of carbonyl (C=O) groups excluding carboxylic acids is 2. The molecule has 0 radical (unpaired) electrons. The normalized spacial score (nSPS) is 13.0. The van der Waals surface area contributed by atoms with Gasteiger partial charge in [0.05, 0.1) is 11.9 Å². The van der Waals surface area contributed by atoms with Crippen LogP contribution in [-0.4, -0.2) is 26.7 Å². The summed E-state index contributed by atoms with van der Waals surface area (Å²) in [6, 6.07) is 13.2. The van der Waals surface area contributed by atoms with Crippen molar-refractivity contribution in [3.8, 4) is 0 Å². The van der Waals surface area contributed by atoms with Crippen molar-refractivity contribution >= 4 is 28.7 Å². The van der Waals surface area contributed by atoms with Crippen LogP contribution in [0.1, 0.15) is 27.2 Å². The highest BCUT2D eigenvalue weighted by atomic mass is 16.2. The number of hydrogen-bond acceptors (Lipinski definition) is 5. The summed E-state index contributed by atoms with van der Waals surface area (Å²) in [5.41, 5.74) is 14.8. The molecule has 3 aromatic rings. The van der Waals surface area contributed by atoms with Gasteiger partial charge in [-0.25, -0.2) is 9.97 Å². The molecule has 0 atom stereocenters. The second-order valence-corrected chi connectivity index (χ2v) is 6.35. The van der Waals surface area contributed by atoms with Gasteiger partial charge < -0.3 is 16.4 Å². The molecule has 2 amide bonds. The molecular weight excluding hydrogens is 330 g/mol. The zero-order valence-corrected chi connectivity index (χ0v) is 14.0. The molecule has 0 fully saturated rings. The molecule has 0 spiro atoms. The van der Waals surface area contributed by atoms with E-state index in [4.69, 9.17) is 11.5 Å². The molecule has 1 aromatic heterocycles. The van der Waals surface area contributed by atoms with Crippen molar-refractivity contribution in [2.75, 3.05) is 5.73 Å². The molecule has 130 valence electrons. The summed E-state index contributed by atoms with van der Waals surface area (Å²) in [6.45, 7) is 1.06. The van der Waals surface area contributed by atoms with E-state index in [1.165, 1.54) is 0 Å². The Morgan fingerprint density at radius 3 is 2.38 bits per heavy atom. The molecule has 2 heterocycles. The predicted octanol–water partition coefficient (Wildman–Crippen LogP) is 1.40. The van der Waals surface area contributed by atoms with E-state index < -0.39 is 5.91 Å². The van der Waals surface area contributed by atoms with Crippen molar-refractivity contribution in [2.24, 2.45) is 5.73 Å². The van der Waals surface area contributed by atoms with Crippen molar-refractivity contribution in [3.63, 3.8) is 0 Å². The molecule has 1 aliphatic rings. The fourth-order valence-corrected chi connectivity index (χ4v) is 3.29. The number of carbonyl (C=O) groups is 2. The van der Waals surface area contributed by atoms with E-state index in [1.807, 2.05) is 24.3 Å². The molecule has 1 aliphatic heterocycles. The van der Waals surface area contributed by atoms with Crippen molar-refractivity contribution in [2.45, 2.75) is 19.5 Å². The fraction of sp³-hybridized carbons (Fsp3) is 0.158. The van der Waals surface area contributed by atoms with Crippen LogP contribution in [0.4, 0.5) is 5.95 Å². The lowest BCUT2D eigenvalue weighted by atomic mass is 10.1. The highest BCUT2D eigenvalue weighted by Crippen LogP contribution is 2.26.